The molecule has 0 aromatic carbocycles. The van der Waals surface area contributed by atoms with E-state index in [-0.39, 0.29) is 25.9 Å². The number of phosphoric acid groups is 1. The van der Waals surface area contributed by atoms with Gasteiger partial charge in [-0.15, -0.1) is 0 Å². The van der Waals surface area contributed by atoms with Gasteiger partial charge in [-0.05, 0) is 89.9 Å². The van der Waals surface area contributed by atoms with Crippen LogP contribution >= 0.6 is 7.82 Å². The van der Waals surface area contributed by atoms with E-state index in [0.717, 1.165) is 109 Å². The molecule has 0 saturated heterocycles. The van der Waals surface area contributed by atoms with Crippen LogP contribution in [-0.2, 0) is 42.2 Å². The van der Waals surface area contributed by atoms with Crippen molar-refractivity contribution in [1.82, 2.24) is 0 Å². The molecule has 11 nitrogen and oxygen atoms in total. The molecule has 0 aliphatic rings. The maximum atomic E-state index is 12.9. The lowest BCUT2D eigenvalue weighted by Gasteiger charge is -2.21. The minimum Gasteiger partial charge on any atom is -0.462 e. The van der Waals surface area contributed by atoms with Crippen molar-refractivity contribution >= 4 is 25.7 Å². The van der Waals surface area contributed by atoms with Gasteiger partial charge in [0.1, 0.15) is 12.7 Å². The average Bonchev–Trinajstić information content (AvgIpc) is 3.43. The van der Waals surface area contributed by atoms with Crippen molar-refractivity contribution in [2.45, 2.75) is 290 Å². The molecular formula is C66H115O11P. The van der Waals surface area contributed by atoms with Gasteiger partial charge in [-0.1, -0.05) is 254 Å². The van der Waals surface area contributed by atoms with Gasteiger partial charge in [-0.25, -0.2) is 4.57 Å². The first-order valence-corrected chi connectivity index (χ1v) is 33.0. The summed E-state index contributed by atoms with van der Waals surface area (Å²) in [5.41, 5.74) is 0. The quantitative estimate of drug-likeness (QED) is 0.0197. The van der Waals surface area contributed by atoms with Gasteiger partial charge in [0.05, 0.1) is 19.8 Å². The van der Waals surface area contributed by atoms with Crippen LogP contribution in [0.15, 0.2) is 85.1 Å². The summed E-state index contributed by atoms with van der Waals surface area (Å²) in [7, 11) is -4.77. The number of carbonyl (C=O) groups is 3. The number of aliphatic hydroxyl groups is 1. The van der Waals surface area contributed by atoms with Crippen molar-refractivity contribution in [2.75, 3.05) is 26.4 Å². The summed E-state index contributed by atoms with van der Waals surface area (Å²) in [4.78, 5) is 48.7. The second-order valence-electron chi connectivity index (χ2n) is 20.8. The van der Waals surface area contributed by atoms with Crippen LogP contribution in [0.25, 0.3) is 0 Å². The van der Waals surface area contributed by atoms with E-state index in [0.29, 0.717) is 19.3 Å². The minimum absolute atomic E-state index is 0.159. The highest BCUT2D eigenvalue weighted by Crippen LogP contribution is 2.43. The molecule has 3 atom stereocenters. The third-order valence-corrected chi connectivity index (χ3v) is 14.3. The SMILES string of the molecule is CC/C=C\C/C=C\C/C=C\C/C=C\CCCCC(=O)OCC(COP(=O)(O)OCC(CO)OC(=O)CCCCCCCCC/C=C\C/C=C\C/C=C\CC)OC(=O)CCCCCCCCCCCCCCCCCCCCC. The smallest absolute Gasteiger partial charge is 0.462 e. The van der Waals surface area contributed by atoms with Gasteiger partial charge in [0, 0.05) is 19.3 Å². The zero-order chi connectivity index (χ0) is 56.9. The lowest BCUT2D eigenvalue weighted by molar-refractivity contribution is -0.161. The first kappa shape index (κ1) is 74.7. The van der Waals surface area contributed by atoms with Crippen molar-refractivity contribution < 1.29 is 52.2 Å². The van der Waals surface area contributed by atoms with Gasteiger partial charge in [-0.3, -0.25) is 23.4 Å². The molecule has 0 aromatic rings. The molecule has 0 saturated carbocycles. The fourth-order valence-corrected chi connectivity index (χ4v) is 9.38. The summed E-state index contributed by atoms with van der Waals surface area (Å²) in [6.45, 7) is 4.40. The van der Waals surface area contributed by atoms with E-state index in [9.17, 15) is 28.9 Å². The highest BCUT2D eigenvalue weighted by molar-refractivity contribution is 7.47. The number of aliphatic hydroxyl groups excluding tert-OH is 1. The van der Waals surface area contributed by atoms with Crippen LogP contribution in [0, 0.1) is 0 Å². The van der Waals surface area contributed by atoms with E-state index in [1.165, 1.54) is 109 Å². The van der Waals surface area contributed by atoms with E-state index < -0.39 is 57.8 Å². The summed E-state index contributed by atoms with van der Waals surface area (Å²) < 4.78 is 39.6. The number of unbranched alkanes of at least 4 members (excludes halogenated alkanes) is 27. The Bertz CT molecular complexity index is 1630. The fraction of sp³-hybridized carbons (Fsp3) is 0.742. The van der Waals surface area contributed by atoms with Crippen molar-refractivity contribution in [2.24, 2.45) is 0 Å². The molecule has 0 heterocycles. The highest BCUT2D eigenvalue weighted by Gasteiger charge is 2.28. The second-order valence-corrected chi connectivity index (χ2v) is 22.3. The topological polar surface area (TPSA) is 155 Å². The number of allylic oxidation sites excluding steroid dienone is 14. The third kappa shape index (κ3) is 57.3. The molecule has 450 valence electrons. The molecule has 0 aliphatic carbocycles. The summed E-state index contributed by atoms with van der Waals surface area (Å²) >= 11 is 0. The molecule has 0 aromatic heterocycles. The maximum Gasteiger partial charge on any atom is 0.472 e. The van der Waals surface area contributed by atoms with E-state index >= 15 is 0 Å². The predicted octanol–water partition coefficient (Wildman–Crippen LogP) is 19.0. The standard InChI is InChI=1S/C66H115O11P/c1-4-7-10-13-16-19-22-25-28-30-31-33-36-39-42-45-48-51-54-57-66(70)77-63(59-73-64(68)55-52-49-46-43-40-37-34-27-24-21-18-15-12-9-6-3)61-75-78(71,72)74-60-62(58-67)76-65(69)56-53-50-47-44-41-38-35-32-29-26-23-20-17-14-11-8-5-2/h8-9,11-12,17-18,20-21,26-27,29,34,40,43,62-63,67H,4-7,10,13-16,19,22-25,28,30-33,35-39,41-42,44-61H2,1-3H3,(H,71,72)/b11-8-,12-9-,20-17-,21-18-,29-26-,34-27-,43-40-. The molecule has 0 radical (unpaired) electrons. The number of hydrogen-bond acceptors (Lipinski definition) is 10. The number of phosphoric ester groups is 1. The summed E-state index contributed by atoms with van der Waals surface area (Å²) in [5.74, 6) is -1.51. The van der Waals surface area contributed by atoms with Gasteiger partial charge in [-0.2, -0.15) is 0 Å². The molecule has 0 fully saturated rings. The van der Waals surface area contributed by atoms with Crippen molar-refractivity contribution in [3.63, 3.8) is 0 Å². The average molecular weight is 1120 g/mol. The number of hydrogen-bond donors (Lipinski definition) is 2. The van der Waals surface area contributed by atoms with Crippen molar-refractivity contribution in [3.8, 4) is 0 Å². The molecule has 0 aliphatic heterocycles. The Hall–Kier alpha value is -3.34. The number of esters is 3. The Labute approximate surface area is 477 Å². The fourth-order valence-electron chi connectivity index (χ4n) is 8.60. The van der Waals surface area contributed by atoms with Crippen LogP contribution in [0.5, 0.6) is 0 Å². The zero-order valence-corrected chi connectivity index (χ0v) is 50.8. The van der Waals surface area contributed by atoms with E-state index in [1.54, 1.807) is 0 Å². The van der Waals surface area contributed by atoms with E-state index in [2.05, 4.69) is 106 Å². The molecule has 0 amide bonds. The minimum atomic E-state index is -4.77. The maximum absolute atomic E-state index is 12.9. The first-order chi connectivity index (χ1) is 38.2. The lowest BCUT2D eigenvalue weighted by atomic mass is 10.0. The first-order valence-electron chi connectivity index (χ1n) is 31.5. The number of ether oxygens (including phenoxy) is 3. The summed E-state index contributed by atoms with van der Waals surface area (Å²) in [5, 5.41) is 9.85. The molecule has 2 N–H and O–H groups in total. The molecule has 12 heteroatoms. The molecule has 3 unspecified atom stereocenters. The van der Waals surface area contributed by atoms with Gasteiger partial charge >= 0.3 is 25.7 Å². The Balaban J connectivity index is 4.72. The molecule has 0 spiro atoms. The van der Waals surface area contributed by atoms with Gasteiger partial charge in [0.15, 0.2) is 6.10 Å². The van der Waals surface area contributed by atoms with Crippen LogP contribution < -0.4 is 0 Å². The lowest BCUT2D eigenvalue weighted by Crippen LogP contribution is -2.30. The van der Waals surface area contributed by atoms with Crippen LogP contribution in [0.4, 0.5) is 0 Å². The normalized spacial score (nSPS) is 13.9. The predicted molar refractivity (Wildman–Crippen MR) is 325 cm³/mol. The second kappa shape index (κ2) is 59.8. The molecule has 0 rings (SSSR count). The van der Waals surface area contributed by atoms with Gasteiger partial charge in [0.25, 0.3) is 0 Å². The molecule has 78 heavy (non-hydrogen) atoms. The van der Waals surface area contributed by atoms with Crippen LogP contribution in [0.2, 0.25) is 0 Å². The summed E-state index contributed by atoms with van der Waals surface area (Å²) in [6.07, 6.45) is 69.7. The number of carbonyl (C=O) groups excluding carboxylic acids is 3. The van der Waals surface area contributed by atoms with E-state index in [4.69, 9.17) is 23.3 Å². The van der Waals surface area contributed by atoms with E-state index in [1.807, 2.05) is 0 Å². The van der Waals surface area contributed by atoms with Crippen molar-refractivity contribution in [3.05, 3.63) is 85.1 Å². The molecule has 0 bridgehead atoms. The van der Waals surface area contributed by atoms with Crippen molar-refractivity contribution in [1.29, 1.82) is 0 Å². The summed E-state index contributed by atoms with van der Waals surface area (Å²) in [6, 6.07) is 0. The van der Waals surface area contributed by atoms with Gasteiger partial charge < -0.3 is 24.2 Å². The highest BCUT2D eigenvalue weighted by atomic mass is 31.2. The largest absolute Gasteiger partial charge is 0.472 e. The van der Waals surface area contributed by atoms with Crippen LogP contribution in [0.1, 0.15) is 278 Å². The zero-order valence-electron chi connectivity index (χ0n) is 49.9. The van der Waals surface area contributed by atoms with Crippen LogP contribution in [0.3, 0.4) is 0 Å². The Morgan fingerprint density at radius 3 is 1.05 bits per heavy atom. The van der Waals surface area contributed by atoms with Crippen LogP contribution in [-0.4, -0.2) is 66.5 Å². The van der Waals surface area contributed by atoms with Gasteiger partial charge in [0.2, 0.25) is 0 Å². The number of rotatable bonds is 58. The Morgan fingerprint density at radius 1 is 0.372 bits per heavy atom. The monoisotopic (exact) mass is 1110 g/mol. The Kier molecular flexibility index (Phi) is 57.2. The Morgan fingerprint density at radius 2 is 0.667 bits per heavy atom. The molecular weight excluding hydrogens is 1000 g/mol. The third-order valence-electron chi connectivity index (χ3n) is 13.3.